The molecule has 0 aliphatic carbocycles. The first kappa shape index (κ1) is 13.9. The van der Waals surface area contributed by atoms with Gasteiger partial charge in [-0.1, -0.05) is 28.1 Å². The van der Waals surface area contributed by atoms with Gasteiger partial charge in [-0.3, -0.25) is 4.79 Å². The van der Waals surface area contributed by atoms with Gasteiger partial charge in [-0.05, 0) is 30.5 Å². The number of esters is 1. The number of halogens is 1. The lowest BCUT2D eigenvalue weighted by molar-refractivity contribution is -0.142. The van der Waals surface area contributed by atoms with E-state index in [0.29, 0.717) is 19.4 Å². The van der Waals surface area contributed by atoms with E-state index >= 15 is 0 Å². The van der Waals surface area contributed by atoms with Crippen LogP contribution in [0.2, 0.25) is 0 Å². The van der Waals surface area contributed by atoms with Gasteiger partial charge < -0.3 is 9.53 Å². The second kappa shape index (κ2) is 7.22. The normalized spacial score (nSPS) is 10.0. The standard InChI is InChI=1S/C13H15BrO3/c1-2-17-13(16)9-10-5-6-12(14)11(8-10)4-3-7-15/h5-8H,2-4,9H2,1H3. The van der Waals surface area contributed by atoms with Crippen LogP contribution >= 0.6 is 15.9 Å². The van der Waals surface area contributed by atoms with Gasteiger partial charge in [0, 0.05) is 10.9 Å². The fourth-order valence-electron chi connectivity index (χ4n) is 1.52. The van der Waals surface area contributed by atoms with E-state index in [2.05, 4.69) is 15.9 Å². The molecule has 0 amide bonds. The van der Waals surface area contributed by atoms with Gasteiger partial charge in [0.15, 0.2) is 0 Å². The molecule has 0 saturated heterocycles. The molecule has 3 nitrogen and oxygen atoms in total. The van der Waals surface area contributed by atoms with Crippen molar-refractivity contribution in [2.24, 2.45) is 0 Å². The summed E-state index contributed by atoms with van der Waals surface area (Å²) in [5.74, 6) is -0.226. The van der Waals surface area contributed by atoms with E-state index in [1.807, 2.05) is 18.2 Å². The highest BCUT2D eigenvalue weighted by molar-refractivity contribution is 9.10. The van der Waals surface area contributed by atoms with Crippen molar-refractivity contribution in [2.75, 3.05) is 6.61 Å². The lowest BCUT2D eigenvalue weighted by atomic mass is 10.0. The van der Waals surface area contributed by atoms with Crippen molar-refractivity contribution in [3.63, 3.8) is 0 Å². The Labute approximate surface area is 109 Å². The zero-order valence-electron chi connectivity index (χ0n) is 9.74. The van der Waals surface area contributed by atoms with Gasteiger partial charge in [0.2, 0.25) is 0 Å². The molecular weight excluding hydrogens is 284 g/mol. The van der Waals surface area contributed by atoms with Gasteiger partial charge in [-0.2, -0.15) is 0 Å². The molecule has 0 radical (unpaired) electrons. The topological polar surface area (TPSA) is 43.4 Å². The van der Waals surface area contributed by atoms with Crippen LogP contribution in [0.5, 0.6) is 0 Å². The van der Waals surface area contributed by atoms with E-state index in [1.54, 1.807) is 6.92 Å². The first-order valence-electron chi connectivity index (χ1n) is 5.54. The molecule has 0 aliphatic heterocycles. The van der Waals surface area contributed by atoms with Crippen LogP contribution in [0, 0.1) is 0 Å². The van der Waals surface area contributed by atoms with Crippen LogP contribution in [0.15, 0.2) is 22.7 Å². The van der Waals surface area contributed by atoms with Crippen molar-refractivity contribution >= 4 is 28.2 Å². The third-order valence-electron chi connectivity index (χ3n) is 2.30. The summed E-state index contributed by atoms with van der Waals surface area (Å²) in [7, 11) is 0. The number of carbonyl (C=O) groups is 2. The number of ether oxygens (including phenoxy) is 1. The number of aldehydes is 1. The van der Waals surface area contributed by atoms with E-state index in [9.17, 15) is 9.59 Å². The van der Waals surface area contributed by atoms with Gasteiger partial charge in [0.1, 0.15) is 6.29 Å². The maximum Gasteiger partial charge on any atom is 0.310 e. The largest absolute Gasteiger partial charge is 0.466 e. The Morgan fingerprint density at radius 2 is 2.24 bits per heavy atom. The molecule has 0 unspecified atom stereocenters. The summed E-state index contributed by atoms with van der Waals surface area (Å²) in [4.78, 5) is 21.7. The Morgan fingerprint density at radius 1 is 1.47 bits per heavy atom. The molecule has 92 valence electrons. The van der Waals surface area contributed by atoms with Crippen LogP contribution < -0.4 is 0 Å². The summed E-state index contributed by atoms with van der Waals surface area (Å²) < 4.78 is 5.86. The molecule has 4 heteroatoms. The van der Waals surface area contributed by atoms with Crippen molar-refractivity contribution < 1.29 is 14.3 Å². The molecule has 0 bridgehead atoms. The average molecular weight is 299 g/mol. The summed E-state index contributed by atoms with van der Waals surface area (Å²) in [6.07, 6.45) is 2.34. The molecule has 1 aromatic carbocycles. The van der Waals surface area contributed by atoms with Gasteiger partial charge >= 0.3 is 5.97 Å². The lowest BCUT2D eigenvalue weighted by Gasteiger charge is -2.06. The lowest BCUT2D eigenvalue weighted by Crippen LogP contribution is -2.07. The number of benzene rings is 1. The van der Waals surface area contributed by atoms with Crippen molar-refractivity contribution in [2.45, 2.75) is 26.2 Å². The SMILES string of the molecule is CCOC(=O)Cc1ccc(Br)c(CCC=O)c1. The summed E-state index contributed by atoms with van der Waals surface area (Å²) >= 11 is 3.43. The number of aryl methyl sites for hydroxylation is 1. The third-order valence-corrected chi connectivity index (χ3v) is 3.07. The zero-order valence-corrected chi connectivity index (χ0v) is 11.3. The van der Waals surface area contributed by atoms with Crippen LogP contribution in [-0.4, -0.2) is 18.9 Å². The fraction of sp³-hybridized carbons (Fsp3) is 0.385. The quantitative estimate of drug-likeness (QED) is 0.599. The van der Waals surface area contributed by atoms with Crippen molar-refractivity contribution in [1.82, 2.24) is 0 Å². The van der Waals surface area contributed by atoms with Gasteiger partial charge in [-0.15, -0.1) is 0 Å². The van der Waals surface area contributed by atoms with Crippen molar-refractivity contribution in [3.05, 3.63) is 33.8 Å². The van der Waals surface area contributed by atoms with E-state index in [4.69, 9.17) is 4.74 Å². The molecule has 0 N–H and O–H groups in total. The van der Waals surface area contributed by atoms with E-state index in [1.165, 1.54) is 0 Å². The molecule has 0 fully saturated rings. The van der Waals surface area contributed by atoms with Crippen LogP contribution in [0.25, 0.3) is 0 Å². The second-order valence-electron chi connectivity index (χ2n) is 3.61. The molecule has 0 heterocycles. The molecule has 0 saturated carbocycles. The maximum atomic E-state index is 11.3. The molecule has 17 heavy (non-hydrogen) atoms. The minimum Gasteiger partial charge on any atom is -0.466 e. The summed E-state index contributed by atoms with van der Waals surface area (Å²) in [5.41, 5.74) is 1.95. The van der Waals surface area contributed by atoms with E-state index in [0.717, 1.165) is 21.9 Å². The Kier molecular flexibility index (Phi) is 5.91. The minimum absolute atomic E-state index is 0.226. The highest BCUT2D eigenvalue weighted by atomic mass is 79.9. The first-order chi connectivity index (χ1) is 8.17. The highest BCUT2D eigenvalue weighted by Crippen LogP contribution is 2.20. The number of hydrogen-bond donors (Lipinski definition) is 0. The second-order valence-corrected chi connectivity index (χ2v) is 4.47. The zero-order chi connectivity index (χ0) is 12.7. The van der Waals surface area contributed by atoms with E-state index < -0.39 is 0 Å². The molecule has 0 aromatic heterocycles. The molecule has 0 spiro atoms. The fourth-order valence-corrected chi connectivity index (χ4v) is 1.97. The smallest absolute Gasteiger partial charge is 0.310 e. The Morgan fingerprint density at radius 3 is 2.88 bits per heavy atom. The summed E-state index contributed by atoms with van der Waals surface area (Å²) in [6.45, 7) is 2.18. The van der Waals surface area contributed by atoms with Crippen LogP contribution in [0.1, 0.15) is 24.5 Å². The van der Waals surface area contributed by atoms with Crippen LogP contribution in [0.3, 0.4) is 0 Å². The monoisotopic (exact) mass is 298 g/mol. The molecule has 0 atom stereocenters. The molecule has 0 aliphatic rings. The molecular formula is C13H15BrO3. The third kappa shape index (κ3) is 4.69. The van der Waals surface area contributed by atoms with Crippen molar-refractivity contribution in [1.29, 1.82) is 0 Å². The van der Waals surface area contributed by atoms with Crippen LogP contribution in [0.4, 0.5) is 0 Å². The van der Waals surface area contributed by atoms with Gasteiger partial charge in [0.25, 0.3) is 0 Å². The summed E-state index contributed by atoms with van der Waals surface area (Å²) in [5, 5.41) is 0. The Hall–Kier alpha value is -1.16. The van der Waals surface area contributed by atoms with E-state index in [-0.39, 0.29) is 12.4 Å². The Balaban J connectivity index is 2.73. The molecule has 1 rings (SSSR count). The highest BCUT2D eigenvalue weighted by Gasteiger charge is 2.06. The average Bonchev–Trinajstić information content (AvgIpc) is 2.30. The summed E-state index contributed by atoms with van der Waals surface area (Å²) in [6, 6.07) is 5.71. The first-order valence-corrected chi connectivity index (χ1v) is 6.33. The maximum absolute atomic E-state index is 11.3. The number of rotatable bonds is 6. The number of carbonyl (C=O) groups excluding carboxylic acids is 2. The predicted molar refractivity (Wildman–Crippen MR) is 68.9 cm³/mol. The predicted octanol–water partition coefficient (Wildman–Crippen LogP) is 2.69. The van der Waals surface area contributed by atoms with Gasteiger partial charge in [0.05, 0.1) is 13.0 Å². The van der Waals surface area contributed by atoms with Crippen LogP contribution in [-0.2, 0) is 27.2 Å². The minimum atomic E-state index is -0.226. The molecule has 1 aromatic rings. The Bertz CT molecular complexity index is 402. The van der Waals surface area contributed by atoms with Gasteiger partial charge in [-0.25, -0.2) is 0 Å². The number of hydrogen-bond acceptors (Lipinski definition) is 3. The van der Waals surface area contributed by atoms with Crippen molar-refractivity contribution in [3.8, 4) is 0 Å².